The topological polar surface area (TPSA) is 3.24 Å². The molecule has 0 saturated heterocycles. The Kier molecular flexibility index (Phi) is 8.84. The average molecular weight is 706 g/mol. The summed E-state index contributed by atoms with van der Waals surface area (Å²) in [7, 11) is 0. The van der Waals surface area contributed by atoms with E-state index < -0.39 is 0 Å². The van der Waals surface area contributed by atoms with Crippen molar-refractivity contribution in [1.82, 2.24) is 0 Å². The molecule has 264 valence electrons. The standard InChI is InChI=1S/C54H43N/c1-54(2,3)44-32-36-46(37-33-44)55(45-34-30-39(31-35-45)38-26-28-42(29-27-38)48-22-11-17-40-16-7-8-20-47(40)48)52-25-10-9-21-50(52)51-24-13-19-43-18-12-23-49(53(43)51)41-14-5-4-6-15-41/h4-37H,1-3H3. The maximum atomic E-state index is 2.42. The van der Waals surface area contributed by atoms with Crippen LogP contribution < -0.4 is 4.90 Å². The van der Waals surface area contributed by atoms with E-state index in [1.807, 2.05) is 0 Å². The van der Waals surface area contributed by atoms with Crippen LogP contribution in [0.25, 0.3) is 66.1 Å². The molecule has 0 aliphatic rings. The predicted octanol–water partition coefficient (Wildman–Crippen LogP) is 15.4. The van der Waals surface area contributed by atoms with Crippen molar-refractivity contribution < 1.29 is 0 Å². The molecule has 0 spiro atoms. The van der Waals surface area contributed by atoms with Crippen molar-refractivity contribution in [3.63, 3.8) is 0 Å². The van der Waals surface area contributed by atoms with Crippen molar-refractivity contribution >= 4 is 38.6 Å². The molecule has 0 heterocycles. The molecule has 0 unspecified atom stereocenters. The minimum atomic E-state index is 0.0584. The number of hydrogen-bond donors (Lipinski definition) is 0. The number of anilines is 3. The molecule has 55 heavy (non-hydrogen) atoms. The molecule has 9 rings (SSSR count). The minimum absolute atomic E-state index is 0.0584. The van der Waals surface area contributed by atoms with Crippen molar-refractivity contribution in [2.75, 3.05) is 4.90 Å². The maximum absolute atomic E-state index is 2.42. The van der Waals surface area contributed by atoms with Gasteiger partial charge in [-0.25, -0.2) is 0 Å². The van der Waals surface area contributed by atoms with Crippen LogP contribution in [0.15, 0.2) is 206 Å². The molecule has 9 aromatic rings. The Morgan fingerprint density at radius 2 is 0.800 bits per heavy atom. The minimum Gasteiger partial charge on any atom is -0.310 e. The quantitative estimate of drug-likeness (QED) is 0.160. The summed E-state index contributed by atoms with van der Waals surface area (Å²) in [5.41, 5.74) is 14.4. The Bertz CT molecular complexity index is 2740. The van der Waals surface area contributed by atoms with E-state index in [1.165, 1.54) is 71.6 Å². The molecule has 0 atom stereocenters. The molecule has 0 aliphatic heterocycles. The van der Waals surface area contributed by atoms with Gasteiger partial charge in [0.2, 0.25) is 0 Å². The van der Waals surface area contributed by atoms with E-state index in [2.05, 4.69) is 232 Å². The number of benzene rings is 9. The number of hydrogen-bond acceptors (Lipinski definition) is 1. The molecule has 1 heteroatoms. The Labute approximate surface area is 324 Å². The van der Waals surface area contributed by atoms with Crippen molar-refractivity contribution in [1.29, 1.82) is 0 Å². The summed E-state index contributed by atoms with van der Waals surface area (Å²) < 4.78 is 0. The van der Waals surface area contributed by atoms with Gasteiger partial charge in [-0.1, -0.05) is 197 Å². The van der Waals surface area contributed by atoms with Crippen LogP contribution >= 0.6 is 0 Å². The van der Waals surface area contributed by atoms with E-state index in [0.29, 0.717) is 0 Å². The summed E-state index contributed by atoms with van der Waals surface area (Å²) in [6.07, 6.45) is 0. The van der Waals surface area contributed by atoms with Crippen molar-refractivity contribution in [2.24, 2.45) is 0 Å². The number of fused-ring (bicyclic) bond motifs is 2. The highest BCUT2D eigenvalue weighted by Gasteiger charge is 2.21. The first kappa shape index (κ1) is 34.1. The Morgan fingerprint density at radius 1 is 0.327 bits per heavy atom. The van der Waals surface area contributed by atoms with Crippen LogP contribution in [0, 0.1) is 0 Å². The molecule has 0 bridgehead atoms. The number of nitrogens with zero attached hydrogens (tertiary/aromatic N) is 1. The molecule has 9 aromatic carbocycles. The predicted molar refractivity (Wildman–Crippen MR) is 237 cm³/mol. The normalized spacial score (nSPS) is 11.5. The smallest absolute Gasteiger partial charge is 0.0540 e. The highest BCUT2D eigenvalue weighted by atomic mass is 15.1. The van der Waals surface area contributed by atoms with Gasteiger partial charge in [0.1, 0.15) is 0 Å². The molecule has 0 radical (unpaired) electrons. The Balaban J connectivity index is 1.15. The lowest BCUT2D eigenvalue weighted by Crippen LogP contribution is -2.13. The summed E-state index contributed by atoms with van der Waals surface area (Å²) in [4.78, 5) is 2.42. The highest BCUT2D eigenvalue weighted by Crippen LogP contribution is 2.45. The third-order valence-corrected chi connectivity index (χ3v) is 10.9. The van der Waals surface area contributed by atoms with E-state index in [1.54, 1.807) is 0 Å². The SMILES string of the molecule is CC(C)(C)c1ccc(N(c2ccc(-c3ccc(-c4cccc5ccccc45)cc3)cc2)c2ccccc2-c2cccc3cccc(-c4ccccc4)c23)cc1. The van der Waals surface area contributed by atoms with Crippen LogP contribution in [0.4, 0.5) is 17.1 Å². The largest absolute Gasteiger partial charge is 0.310 e. The van der Waals surface area contributed by atoms with Gasteiger partial charge < -0.3 is 4.90 Å². The second kappa shape index (κ2) is 14.3. The van der Waals surface area contributed by atoms with Crippen LogP contribution in [0.3, 0.4) is 0 Å². The number of para-hydroxylation sites is 1. The van der Waals surface area contributed by atoms with E-state index in [-0.39, 0.29) is 5.41 Å². The van der Waals surface area contributed by atoms with Crippen LogP contribution in [0.1, 0.15) is 26.3 Å². The fourth-order valence-corrected chi connectivity index (χ4v) is 7.98. The monoisotopic (exact) mass is 705 g/mol. The average Bonchev–Trinajstić information content (AvgIpc) is 3.24. The summed E-state index contributed by atoms with van der Waals surface area (Å²) >= 11 is 0. The lowest BCUT2D eigenvalue weighted by Gasteiger charge is -2.29. The van der Waals surface area contributed by atoms with E-state index >= 15 is 0 Å². The fraction of sp³-hybridized carbons (Fsp3) is 0.0741. The van der Waals surface area contributed by atoms with Gasteiger partial charge in [-0.2, -0.15) is 0 Å². The molecule has 1 nitrogen and oxygen atoms in total. The molecule has 0 saturated carbocycles. The zero-order valence-electron chi connectivity index (χ0n) is 31.6. The van der Waals surface area contributed by atoms with Gasteiger partial charge in [-0.05, 0) is 102 Å². The molecule has 0 amide bonds. The molecular weight excluding hydrogens is 663 g/mol. The summed E-state index contributed by atoms with van der Waals surface area (Å²) in [6, 6.07) is 75.2. The van der Waals surface area contributed by atoms with Crippen LogP contribution in [0.5, 0.6) is 0 Å². The second-order valence-corrected chi connectivity index (χ2v) is 15.4. The summed E-state index contributed by atoms with van der Waals surface area (Å²) in [5.74, 6) is 0. The van der Waals surface area contributed by atoms with Gasteiger partial charge in [-0.3, -0.25) is 0 Å². The maximum Gasteiger partial charge on any atom is 0.0540 e. The third-order valence-electron chi connectivity index (χ3n) is 10.9. The van der Waals surface area contributed by atoms with Crippen LogP contribution in [-0.2, 0) is 5.41 Å². The van der Waals surface area contributed by atoms with Gasteiger partial charge in [-0.15, -0.1) is 0 Å². The Morgan fingerprint density at radius 3 is 1.49 bits per heavy atom. The third kappa shape index (κ3) is 6.60. The van der Waals surface area contributed by atoms with Gasteiger partial charge in [0.25, 0.3) is 0 Å². The van der Waals surface area contributed by atoms with E-state index in [0.717, 1.165) is 17.1 Å². The van der Waals surface area contributed by atoms with Crippen molar-refractivity contribution in [3.05, 3.63) is 212 Å². The molecule has 0 aliphatic carbocycles. The molecule has 0 fully saturated rings. The van der Waals surface area contributed by atoms with Crippen molar-refractivity contribution in [2.45, 2.75) is 26.2 Å². The fourth-order valence-electron chi connectivity index (χ4n) is 7.98. The van der Waals surface area contributed by atoms with E-state index in [4.69, 9.17) is 0 Å². The zero-order valence-corrected chi connectivity index (χ0v) is 31.6. The van der Waals surface area contributed by atoms with Gasteiger partial charge in [0.05, 0.1) is 5.69 Å². The van der Waals surface area contributed by atoms with Crippen LogP contribution in [-0.4, -0.2) is 0 Å². The first-order valence-electron chi connectivity index (χ1n) is 19.2. The first-order chi connectivity index (χ1) is 26.9. The van der Waals surface area contributed by atoms with E-state index in [9.17, 15) is 0 Å². The lowest BCUT2D eigenvalue weighted by molar-refractivity contribution is 0.590. The van der Waals surface area contributed by atoms with Gasteiger partial charge >= 0.3 is 0 Å². The van der Waals surface area contributed by atoms with Crippen LogP contribution in [0.2, 0.25) is 0 Å². The highest BCUT2D eigenvalue weighted by molar-refractivity contribution is 6.08. The lowest BCUT2D eigenvalue weighted by atomic mass is 9.87. The summed E-state index contributed by atoms with van der Waals surface area (Å²) in [5, 5.41) is 5.02. The molecule has 0 N–H and O–H groups in total. The number of rotatable bonds is 7. The van der Waals surface area contributed by atoms with Gasteiger partial charge in [0, 0.05) is 16.9 Å². The van der Waals surface area contributed by atoms with Gasteiger partial charge in [0.15, 0.2) is 0 Å². The second-order valence-electron chi connectivity index (χ2n) is 15.4. The first-order valence-corrected chi connectivity index (χ1v) is 19.2. The molecule has 0 aromatic heterocycles. The zero-order chi connectivity index (χ0) is 37.4. The summed E-state index contributed by atoms with van der Waals surface area (Å²) in [6.45, 7) is 6.81. The Hall–Kier alpha value is -6.70. The van der Waals surface area contributed by atoms with Crippen molar-refractivity contribution in [3.8, 4) is 44.5 Å². The molecular formula is C54H43N.